The Kier molecular flexibility index (Phi) is 3.97. The van der Waals surface area contributed by atoms with E-state index in [1.54, 1.807) is 6.07 Å². The molecule has 3 nitrogen and oxygen atoms in total. The Morgan fingerprint density at radius 3 is 2.41 bits per heavy atom. The van der Waals surface area contributed by atoms with E-state index in [4.69, 9.17) is 11.6 Å². The van der Waals surface area contributed by atoms with E-state index < -0.39 is 15.8 Å². The van der Waals surface area contributed by atoms with E-state index in [-0.39, 0.29) is 10.3 Å². The number of nitrogens with one attached hydrogen (secondary N) is 1. The molecule has 0 heterocycles. The zero-order valence-electron chi connectivity index (χ0n) is 11.7. The summed E-state index contributed by atoms with van der Waals surface area (Å²) in [6.07, 6.45) is 1.83. The maximum absolute atomic E-state index is 12.9. The van der Waals surface area contributed by atoms with Gasteiger partial charge in [0.05, 0.1) is 4.90 Å². The minimum Gasteiger partial charge on any atom is -0.210 e. The predicted octanol–water partition coefficient (Wildman–Crippen LogP) is 3.49. The van der Waals surface area contributed by atoms with Gasteiger partial charge in [0.15, 0.2) is 0 Å². The zero-order chi connectivity index (χ0) is 15.8. The van der Waals surface area contributed by atoms with E-state index in [9.17, 15) is 12.8 Å². The third-order valence-corrected chi connectivity index (χ3v) is 5.67. The summed E-state index contributed by atoms with van der Waals surface area (Å²) in [4.78, 5) is 0.0656. The van der Waals surface area contributed by atoms with Crippen molar-refractivity contribution < 1.29 is 12.8 Å². The first-order chi connectivity index (χ1) is 10.4. The van der Waals surface area contributed by atoms with Crippen LogP contribution in [0.3, 0.4) is 0 Å². The first-order valence-corrected chi connectivity index (χ1v) is 8.79. The lowest BCUT2D eigenvalue weighted by Crippen LogP contribution is -2.32. The molecule has 2 aromatic carbocycles. The molecule has 0 amide bonds. The van der Waals surface area contributed by atoms with Crippen LogP contribution in [0, 0.1) is 5.82 Å². The van der Waals surface area contributed by atoms with Crippen LogP contribution in [-0.2, 0) is 15.4 Å². The van der Waals surface area contributed by atoms with Gasteiger partial charge in [0, 0.05) is 17.0 Å². The van der Waals surface area contributed by atoms with Gasteiger partial charge in [-0.25, -0.2) is 17.5 Å². The highest BCUT2D eigenvalue weighted by molar-refractivity contribution is 7.89. The van der Waals surface area contributed by atoms with Gasteiger partial charge in [-0.05, 0) is 54.8 Å². The molecule has 116 valence electrons. The number of halogens is 2. The minimum absolute atomic E-state index is 0.0656. The first-order valence-electron chi connectivity index (χ1n) is 6.93. The number of hydrogen-bond donors (Lipinski definition) is 1. The largest absolute Gasteiger partial charge is 0.240 e. The first kappa shape index (κ1) is 15.5. The molecule has 1 aliphatic carbocycles. The maximum atomic E-state index is 12.9. The molecule has 0 aliphatic heterocycles. The van der Waals surface area contributed by atoms with Gasteiger partial charge in [-0.15, -0.1) is 0 Å². The molecule has 22 heavy (non-hydrogen) atoms. The van der Waals surface area contributed by atoms with Crippen LogP contribution in [0.4, 0.5) is 4.39 Å². The van der Waals surface area contributed by atoms with Crippen LogP contribution in [0.1, 0.15) is 18.4 Å². The van der Waals surface area contributed by atoms with E-state index in [0.29, 0.717) is 11.6 Å². The van der Waals surface area contributed by atoms with E-state index in [2.05, 4.69) is 4.72 Å². The van der Waals surface area contributed by atoms with Gasteiger partial charge in [0.1, 0.15) is 5.82 Å². The Balaban J connectivity index is 1.76. The van der Waals surface area contributed by atoms with Gasteiger partial charge in [-0.3, -0.25) is 0 Å². The molecule has 1 aliphatic rings. The highest BCUT2D eigenvalue weighted by Crippen LogP contribution is 2.48. The Morgan fingerprint density at radius 1 is 1.14 bits per heavy atom. The van der Waals surface area contributed by atoms with Crippen molar-refractivity contribution >= 4 is 21.6 Å². The lowest BCUT2D eigenvalue weighted by molar-refractivity contribution is 0.566. The smallest absolute Gasteiger partial charge is 0.210 e. The topological polar surface area (TPSA) is 46.2 Å². The third-order valence-electron chi connectivity index (χ3n) is 4.02. The second-order valence-electron chi connectivity index (χ2n) is 5.57. The van der Waals surface area contributed by atoms with Crippen molar-refractivity contribution in [1.29, 1.82) is 0 Å². The average molecular weight is 340 g/mol. The van der Waals surface area contributed by atoms with Crippen LogP contribution >= 0.6 is 11.6 Å². The Bertz CT molecular complexity index is 786. The highest BCUT2D eigenvalue weighted by atomic mass is 35.5. The second-order valence-corrected chi connectivity index (χ2v) is 7.77. The van der Waals surface area contributed by atoms with Crippen molar-refractivity contribution in [3.05, 3.63) is 64.9 Å². The summed E-state index contributed by atoms with van der Waals surface area (Å²) in [5, 5.41) is 0.644. The summed E-state index contributed by atoms with van der Waals surface area (Å²) >= 11 is 6.01. The Hall–Kier alpha value is -1.43. The summed E-state index contributed by atoms with van der Waals surface area (Å²) in [5.41, 5.74) is 0.861. The molecule has 0 unspecified atom stereocenters. The summed E-state index contributed by atoms with van der Waals surface area (Å²) in [6, 6.07) is 12.3. The Labute approximate surface area is 134 Å². The van der Waals surface area contributed by atoms with Crippen LogP contribution in [0.15, 0.2) is 53.4 Å². The molecule has 1 fully saturated rings. The van der Waals surface area contributed by atoms with Crippen molar-refractivity contribution in [2.45, 2.75) is 23.2 Å². The fourth-order valence-electron chi connectivity index (χ4n) is 2.47. The lowest BCUT2D eigenvalue weighted by atomic mass is 9.96. The molecular formula is C16H15ClFNO2S. The van der Waals surface area contributed by atoms with Crippen molar-refractivity contribution in [3.63, 3.8) is 0 Å². The van der Waals surface area contributed by atoms with Gasteiger partial charge in [-0.1, -0.05) is 23.7 Å². The second kappa shape index (κ2) is 5.65. The maximum Gasteiger partial charge on any atom is 0.240 e. The number of sulfonamides is 1. The van der Waals surface area contributed by atoms with Crippen molar-refractivity contribution in [3.8, 4) is 0 Å². The molecule has 1 N–H and O–H groups in total. The van der Waals surface area contributed by atoms with Crippen molar-refractivity contribution in [1.82, 2.24) is 4.72 Å². The molecule has 0 saturated heterocycles. The van der Waals surface area contributed by atoms with Crippen LogP contribution in [0.5, 0.6) is 0 Å². The van der Waals surface area contributed by atoms with Gasteiger partial charge < -0.3 is 0 Å². The van der Waals surface area contributed by atoms with E-state index in [1.165, 1.54) is 12.1 Å². The molecule has 2 aromatic rings. The third kappa shape index (κ3) is 3.16. The molecule has 6 heteroatoms. The van der Waals surface area contributed by atoms with Crippen LogP contribution in [-0.4, -0.2) is 15.0 Å². The molecule has 0 atom stereocenters. The Morgan fingerprint density at radius 2 is 1.82 bits per heavy atom. The van der Waals surface area contributed by atoms with E-state index in [1.807, 2.05) is 18.2 Å². The van der Waals surface area contributed by atoms with Crippen LogP contribution < -0.4 is 4.72 Å². The number of benzene rings is 2. The normalized spacial score (nSPS) is 16.5. The molecule has 0 bridgehead atoms. The van der Waals surface area contributed by atoms with Crippen LogP contribution in [0.2, 0.25) is 5.02 Å². The average Bonchev–Trinajstić information content (AvgIpc) is 3.27. The zero-order valence-corrected chi connectivity index (χ0v) is 13.3. The summed E-state index contributed by atoms with van der Waals surface area (Å²) in [5.74, 6) is -0.462. The summed E-state index contributed by atoms with van der Waals surface area (Å²) in [6.45, 7) is 0.313. The fraction of sp³-hybridized carbons (Fsp3) is 0.250. The monoisotopic (exact) mass is 339 g/mol. The van der Waals surface area contributed by atoms with E-state index in [0.717, 1.165) is 30.5 Å². The van der Waals surface area contributed by atoms with Crippen molar-refractivity contribution in [2.24, 2.45) is 0 Å². The SMILES string of the molecule is O=S(=O)(NCC1(c2cccc(Cl)c2)CC1)c1ccc(F)cc1. The van der Waals surface area contributed by atoms with Crippen LogP contribution in [0.25, 0.3) is 0 Å². The van der Waals surface area contributed by atoms with Gasteiger partial charge in [-0.2, -0.15) is 0 Å². The van der Waals surface area contributed by atoms with E-state index >= 15 is 0 Å². The number of rotatable bonds is 5. The van der Waals surface area contributed by atoms with Gasteiger partial charge in [0.25, 0.3) is 0 Å². The minimum atomic E-state index is -3.64. The van der Waals surface area contributed by atoms with Crippen molar-refractivity contribution in [2.75, 3.05) is 6.54 Å². The van der Waals surface area contributed by atoms with Gasteiger partial charge >= 0.3 is 0 Å². The predicted molar refractivity (Wildman–Crippen MR) is 84.0 cm³/mol. The molecular weight excluding hydrogens is 325 g/mol. The molecule has 0 aromatic heterocycles. The molecule has 0 spiro atoms. The summed E-state index contributed by atoms with van der Waals surface area (Å²) in [7, 11) is -3.64. The standard InChI is InChI=1S/C16H15ClFNO2S/c17-13-3-1-2-12(10-13)16(8-9-16)11-19-22(20,21)15-6-4-14(18)5-7-15/h1-7,10,19H,8-9,11H2. The highest BCUT2D eigenvalue weighted by Gasteiger charge is 2.44. The lowest BCUT2D eigenvalue weighted by Gasteiger charge is -2.17. The molecule has 1 saturated carbocycles. The summed E-state index contributed by atoms with van der Waals surface area (Å²) < 4.78 is 40.0. The fourth-order valence-corrected chi connectivity index (χ4v) is 3.78. The van der Waals surface area contributed by atoms with Gasteiger partial charge in [0.2, 0.25) is 10.0 Å². The quantitative estimate of drug-likeness (QED) is 0.906. The molecule has 3 rings (SSSR count). The molecule has 0 radical (unpaired) electrons. The number of hydrogen-bond acceptors (Lipinski definition) is 2.